The van der Waals surface area contributed by atoms with E-state index in [1.165, 1.54) is 5.56 Å². The molecule has 0 unspecified atom stereocenters. The first-order chi connectivity index (χ1) is 10.0. The minimum atomic E-state index is 0.481. The molecule has 2 aromatic rings. The van der Waals surface area contributed by atoms with Crippen LogP contribution in [-0.2, 0) is 0 Å². The third-order valence-electron chi connectivity index (χ3n) is 3.39. The summed E-state index contributed by atoms with van der Waals surface area (Å²) in [5.74, 6) is 1.75. The number of nitrogens with two attached hydrogens (primary N) is 1. The zero-order chi connectivity index (χ0) is 15.4. The van der Waals surface area contributed by atoms with Crippen LogP contribution in [0.15, 0.2) is 36.4 Å². The summed E-state index contributed by atoms with van der Waals surface area (Å²) in [6.45, 7) is 4.34. The normalized spacial score (nSPS) is 10.5. The molecule has 2 rings (SSSR count). The second-order valence-electron chi connectivity index (χ2n) is 5.20. The second kappa shape index (κ2) is 6.39. The zero-order valence-electron chi connectivity index (χ0n) is 12.9. The van der Waals surface area contributed by atoms with Gasteiger partial charge in [0.25, 0.3) is 0 Å². The van der Waals surface area contributed by atoms with Gasteiger partial charge in [-0.05, 0) is 23.6 Å². The molecule has 0 aromatic heterocycles. The van der Waals surface area contributed by atoms with Crippen molar-refractivity contribution in [1.82, 2.24) is 0 Å². The maximum atomic E-state index is 6.07. The highest BCUT2D eigenvalue weighted by Gasteiger charge is 2.10. The highest BCUT2D eigenvalue weighted by Crippen LogP contribution is 2.36. The van der Waals surface area contributed by atoms with Crippen LogP contribution in [0, 0.1) is 0 Å². The molecule has 0 saturated heterocycles. The Kier molecular flexibility index (Phi) is 4.58. The monoisotopic (exact) mass is 286 g/mol. The van der Waals surface area contributed by atoms with Gasteiger partial charge in [-0.2, -0.15) is 0 Å². The van der Waals surface area contributed by atoms with Crippen LogP contribution < -0.4 is 20.5 Å². The van der Waals surface area contributed by atoms with Crippen molar-refractivity contribution in [3.05, 3.63) is 42.0 Å². The minimum absolute atomic E-state index is 0.481. The lowest BCUT2D eigenvalue weighted by Gasteiger charge is -2.15. The first-order valence-electron chi connectivity index (χ1n) is 6.93. The molecule has 112 valence electrons. The Morgan fingerprint density at radius 2 is 1.67 bits per heavy atom. The van der Waals surface area contributed by atoms with Gasteiger partial charge >= 0.3 is 0 Å². The van der Waals surface area contributed by atoms with Gasteiger partial charge < -0.3 is 20.5 Å². The van der Waals surface area contributed by atoms with Crippen molar-refractivity contribution in [2.24, 2.45) is 0 Å². The second-order valence-corrected chi connectivity index (χ2v) is 5.20. The Morgan fingerprint density at radius 1 is 1.00 bits per heavy atom. The molecule has 0 aliphatic heterocycles. The Morgan fingerprint density at radius 3 is 2.29 bits per heavy atom. The fourth-order valence-corrected chi connectivity index (χ4v) is 2.13. The maximum Gasteiger partial charge on any atom is 0.162 e. The summed E-state index contributed by atoms with van der Waals surface area (Å²) >= 11 is 0. The van der Waals surface area contributed by atoms with Crippen molar-refractivity contribution in [1.29, 1.82) is 0 Å². The molecule has 0 amide bonds. The van der Waals surface area contributed by atoms with Crippen molar-refractivity contribution < 1.29 is 9.47 Å². The van der Waals surface area contributed by atoms with Crippen LogP contribution in [0.1, 0.15) is 25.3 Å². The van der Waals surface area contributed by atoms with Crippen LogP contribution in [0.3, 0.4) is 0 Å². The van der Waals surface area contributed by atoms with E-state index in [1.54, 1.807) is 20.3 Å². The number of rotatable bonds is 5. The molecule has 0 bridgehead atoms. The van der Waals surface area contributed by atoms with Crippen molar-refractivity contribution >= 4 is 17.1 Å². The Labute approximate surface area is 125 Å². The van der Waals surface area contributed by atoms with Crippen LogP contribution in [0.5, 0.6) is 11.5 Å². The van der Waals surface area contributed by atoms with Crippen LogP contribution >= 0.6 is 0 Å². The van der Waals surface area contributed by atoms with E-state index < -0.39 is 0 Å². The highest BCUT2D eigenvalue weighted by molar-refractivity contribution is 5.76. The molecule has 4 nitrogen and oxygen atoms in total. The molecular weight excluding hydrogens is 264 g/mol. The van der Waals surface area contributed by atoms with Crippen LogP contribution in [0.4, 0.5) is 17.1 Å². The van der Waals surface area contributed by atoms with Crippen molar-refractivity contribution in [2.75, 3.05) is 25.3 Å². The van der Waals surface area contributed by atoms with Crippen LogP contribution in [0.2, 0.25) is 0 Å². The first kappa shape index (κ1) is 15.0. The Bertz CT molecular complexity index is 624. The molecule has 0 heterocycles. The van der Waals surface area contributed by atoms with E-state index in [9.17, 15) is 0 Å². The number of methoxy groups -OCH3 is 2. The summed E-state index contributed by atoms with van der Waals surface area (Å²) < 4.78 is 10.6. The lowest BCUT2D eigenvalue weighted by molar-refractivity contribution is 0.355. The van der Waals surface area contributed by atoms with Gasteiger partial charge in [0.1, 0.15) is 0 Å². The summed E-state index contributed by atoms with van der Waals surface area (Å²) in [7, 11) is 3.20. The molecule has 0 saturated carbocycles. The number of benzene rings is 2. The largest absolute Gasteiger partial charge is 0.493 e. The van der Waals surface area contributed by atoms with Crippen LogP contribution in [0.25, 0.3) is 0 Å². The topological polar surface area (TPSA) is 56.5 Å². The lowest BCUT2D eigenvalue weighted by atomic mass is 10.0. The quantitative estimate of drug-likeness (QED) is 0.811. The SMILES string of the molecule is COc1cc(N)c(Nc2cccc(C(C)C)c2)cc1OC. The van der Waals surface area contributed by atoms with E-state index >= 15 is 0 Å². The number of anilines is 3. The molecule has 21 heavy (non-hydrogen) atoms. The molecule has 0 aliphatic rings. The van der Waals surface area contributed by atoms with Gasteiger partial charge in [0.2, 0.25) is 0 Å². The predicted molar refractivity (Wildman–Crippen MR) is 87.8 cm³/mol. The van der Waals surface area contributed by atoms with E-state index in [0.29, 0.717) is 23.1 Å². The smallest absolute Gasteiger partial charge is 0.162 e. The van der Waals surface area contributed by atoms with Gasteiger partial charge in [0.15, 0.2) is 11.5 Å². The fourth-order valence-electron chi connectivity index (χ4n) is 2.13. The molecule has 0 atom stereocenters. The number of hydrogen-bond acceptors (Lipinski definition) is 4. The van der Waals surface area contributed by atoms with E-state index in [0.717, 1.165) is 11.4 Å². The van der Waals surface area contributed by atoms with Gasteiger partial charge in [0, 0.05) is 17.8 Å². The van der Waals surface area contributed by atoms with Gasteiger partial charge in [-0.1, -0.05) is 26.0 Å². The summed E-state index contributed by atoms with van der Waals surface area (Å²) in [5.41, 5.74) is 9.76. The zero-order valence-corrected chi connectivity index (χ0v) is 12.9. The van der Waals surface area contributed by atoms with E-state index in [-0.39, 0.29) is 0 Å². The Hall–Kier alpha value is -2.36. The highest BCUT2D eigenvalue weighted by atomic mass is 16.5. The standard InChI is InChI=1S/C17H22N2O2/c1-11(2)12-6-5-7-13(8-12)19-15-10-17(21-4)16(20-3)9-14(15)18/h5-11,19H,18H2,1-4H3. The molecular formula is C17H22N2O2. The van der Waals surface area contributed by atoms with Gasteiger partial charge in [0.05, 0.1) is 25.6 Å². The maximum absolute atomic E-state index is 6.07. The third-order valence-corrected chi connectivity index (χ3v) is 3.39. The van der Waals surface area contributed by atoms with E-state index in [2.05, 4.69) is 31.3 Å². The first-order valence-corrected chi connectivity index (χ1v) is 6.93. The molecule has 0 fully saturated rings. The van der Waals surface area contributed by atoms with Crippen molar-refractivity contribution in [2.45, 2.75) is 19.8 Å². The summed E-state index contributed by atoms with van der Waals surface area (Å²) in [6, 6.07) is 11.9. The Balaban J connectivity index is 2.33. The van der Waals surface area contributed by atoms with Gasteiger partial charge in [-0.15, -0.1) is 0 Å². The number of ether oxygens (including phenoxy) is 2. The number of nitrogens with one attached hydrogen (secondary N) is 1. The summed E-state index contributed by atoms with van der Waals surface area (Å²) in [5, 5.41) is 3.33. The molecule has 0 radical (unpaired) electrons. The lowest BCUT2D eigenvalue weighted by Crippen LogP contribution is -2.00. The number of nitrogen functional groups attached to an aromatic ring is 1. The van der Waals surface area contributed by atoms with Crippen molar-refractivity contribution in [3.8, 4) is 11.5 Å². The molecule has 4 heteroatoms. The average molecular weight is 286 g/mol. The van der Waals surface area contributed by atoms with E-state index in [1.807, 2.05) is 18.2 Å². The summed E-state index contributed by atoms with van der Waals surface area (Å²) in [6.07, 6.45) is 0. The van der Waals surface area contributed by atoms with Gasteiger partial charge in [-0.3, -0.25) is 0 Å². The number of hydrogen-bond donors (Lipinski definition) is 2. The van der Waals surface area contributed by atoms with Crippen molar-refractivity contribution in [3.63, 3.8) is 0 Å². The molecule has 0 aliphatic carbocycles. The minimum Gasteiger partial charge on any atom is -0.493 e. The van der Waals surface area contributed by atoms with E-state index in [4.69, 9.17) is 15.2 Å². The molecule has 3 N–H and O–H groups in total. The fraction of sp³-hybridized carbons (Fsp3) is 0.294. The molecule has 2 aromatic carbocycles. The van der Waals surface area contributed by atoms with Gasteiger partial charge in [-0.25, -0.2) is 0 Å². The summed E-state index contributed by atoms with van der Waals surface area (Å²) in [4.78, 5) is 0. The molecule has 0 spiro atoms. The predicted octanol–water partition coefficient (Wildman–Crippen LogP) is 4.15. The average Bonchev–Trinajstić information content (AvgIpc) is 2.49. The van der Waals surface area contributed by atoms with Crippen LogP contribution in [-0.4, -0.2) is 14.2 Å². The third kappa shape index (κ3) is 3.40.